The SMILES string of the molecule is C#CCN1CC(=O)N2[C@@H](C(C)C)C(=O)N(CC(CC)CCCC)C[C@@H]2N1C(=O)NCc1ccccc1. The predicted molar refractivity (Wildman–Crippen MR) is 140 cm³/mol. The number of amides is 4. The highest BCUT2D eigenvalue weighted by atomic mass is 16.2. The number of unbranched alkanes of at least 4 members (excludes halogenated alkanes) is 1. The largest absolute Gasteiger partial charge is 0.337 e. The van der Waals surface area contributed by atoms with Gasteiger partial charge < -0.3 is 15.1 Å². The van der Waals surface area contributed by atoms with Crippen molar-refractivity contribution in [2.45, 2.75) is 72.1 Å². The van der Waals surface area contributed by atoms with Gasteiger partial charge in [-0.1, -0.05) is 83.2 Å². The Morgan fingerprint density at radius 1 is 1.19 bits per heavy atom. The number of nitrogens with one attached hydrogen (secondary N) is 1. The summed E-state index contributed by atoms with van der Waals surface area (Å²) < 4.78 is 0. The van der Waals surface area contributed by atoms with Crippen LogP contribution in [0.25, 0.3) is 0 Å². The summed E-state index contributed by atoms with van der Waals surface area (Å²) in [6.07, 6.45) is 9.27. The fraction of sp³-hybridized carbons (Fsp3) is 0.607. The zero-order valence-electron chi connectivity index (χ0n) is 22.2. The quantitative estimate of drug-likeness (QED) is 0.506. The second kappa shape index (κ2) is 12.8. The van der Waals surface area contributed by atoms with Crippen molar-refractivity contribution in [3.8, 4) is 12.3 Å². The van der Waals surface area contributed by atoms with Gasteiger partial charge in [0.15, 0.2) is 0 Å². The standard InChI is InChI=1S/C28H41N5O3/c1-6-9-13-22(8-3)18-30-19-24-32(26(21(4)5)27(30)35)25(34)20-31(16-7-2)33(24)28(36)29-17-23-14-11-10-12-15-23/h2,10-12,14-15,21-22,24,26H,6,8-9,13,16-20H2,1,3-5H3,(H,29,36)/t22?,24-,26-/m0/s1. The number of nitrogens with zero attached hydrogens (tertiary/aromatic N) is 4. The number of hydrogen-bond donors (Lipinski definition) is 1. The molecule has 1 aromatic rings. The van der Waals surface area contributed by atoms with E-state index in [4.69, 9.17) is 6.42 Å². The van der Waals surface area contributed by atoms with Crippen LogP contribution in [0.1, 0.15) is 58.9 Å². The van der Waals surface area contributed by atoms with E-state index in [-0.39, 0.29) is 43.4 Å². The molecule has 2 fully saturated rings. The second-order valence-corrected chi connectivity index (χ2v) is 10.1. The first-order chi connectivity index (χ1) is 17.3. The van der Waals surface area contributed by atoms with E-state index in [0.717, 1.165) is 31.2 Å². The number of piperazine rings is 1. The first-order valence-electron chi connectivity index (χ1n) is 13.2. The van der Waals surface area contributed by atoms with Crippen molar-refractivity contribution in [2.24, 2.45) is 11.8 Å². The molecule has 3 rings (SSSR count). The van der Waals surface area contributed by atoms with E-state index >= 15 is 0 Å². The summed E-state index contributed by atoms with van der Waals surface area (Å²) in [5.41, 5.74) is 0.974. The van der Waals surface area contributed by atoms with Gasteiger partial charge in [-0.05, 0) is 23.8 Å². The van der Waals surface area contributed by atoms with E-state index in [9.17, 15) is 14.4 Å². The number of fused-ring (bicyclic) bond motifs is 1. The van der Waals surface area contributed by atoms with Crippen molar-refractivity contribution >= 4 is 17.8 Å². The molecule has 0 aliphatic carbocycles. The van der Waals surface area contributed by atoms with Crippen molar-refractivity contribution in [3.05, 3.63) is 35.9 Å². The van der Waals surface area contributed by atoms with Crippen LogP contribution in [0.15, 0.2) is 30.3 Å². The van der Waals surface area contributed by atoms with Gasteiger partial charge in [0, 0.05) is 13.1 Å². The lowest BCUT2D eigenvalue weighted by atomic mass is 9.93. The summed E-state index contributed by atoms with van der Waals surface area (Å²) >= 11 is 0. The lowest BCUT2D eigenvalue weighted by Gasteiger charge is -2.56. The van der Waals surface area contributed by atoms with Crippen molar-refractivity contribution in [1.29, 1.82) is 0 Å². The lowest BCUT2D eigenvalue weighted by molar-refractivity contribution is -0.192. The fourth-order valence-corrected chi connectivity index (χ4v) is 5.24. The molecule has 0 bridgehead atoms. The van der Waals surface area contributed by atoms with Gasteiger partial charge in [0.05, 0.1) is 19.6 Å². The van der Waals surface area contributed by atoms with Crippen LogP contribution in [-0.2, 0) is 16.1 Å². The molecule has 2 aliphatic heterocycles. The van der Waals surface area contributed by atoms with Gasteiger partial charge in [0.2, 0.25) is 11.8 Å². The molecule has 8 nitrogen and oxygen atoms in total. The van der Waals surface area contributed by atoms with Crippen LogP contribution < -0.4 is 5.32 Å². The summed E-state index contributed by atoms with van der Waals surface area (Å²) in [5.74, 6) is 2.68. The Kier molecular flexibility index (Phi) is 9.77. The topological polar surface area (TPSA) is 76.2 Å². The zero-order valence-corrected chi connectivity index (χ0v) is 22.2. The van der Waals surface area contributed by atoms with Crippen molar-refractivity contribution < 1.29 is 14.4 Å². The van der Waals surface area contributed by atoms with Gasteiger partial charge in [-0.15, -0.1) is 6.42 Å². The molecule has 2 aliphatic rings. The van der Waals surface area contributed by atoms with Crippen LogP contribution in [0.5, 0.6) is 0 Å². The number of carbonyl (C=O) groups excluding carboxylic acids is 3. The van der Waals surface area contributed by atoms with Crippen LogP contribution in [0.2, 0.25) is 0 Å². The summed E-state index contributed by atoms with van der Waals surface area (Å²) in [6.45, 7) is 9.59. The van der Waals surface area contributed by atoms with Crippen molar-refractivity contribution in [1.82, 2.24) is 25.1 Å². The maximum absolute atomic E-state index is 13.7. The van der Waals surface area contributed by atoms with E-state index in [1.807, 2.05) is 49.1 Å². The molecule has 196 valence electrons. The van der Waals surface area contributed by atoms with E-state index in [1.54, 1.807) is 14.9 Å². The molecule has 0 radical (unpaired) electrons. The maximum Gasteiger partial charge on any atom is 0.334 e. The minimum Gasteiger partial charge on any atom is -0.337 e. The van der Waals surface area contributed by atoms with Crippen LogP contribution in [-0.4, -0.2) is 76.0 Å². The van der Waals surface area contributed by atoms with Crippen molar-refractivity contribution in [2.75, 3.05) is 26.2 Å². The first-order valence-corrected chi connectivity index (χ1v) is 13.2. The van der Waals surface area contributed by atoms with Crippen LogP contribution in [0, 0.1) is 24.2 Å². The van der Waals surface area contributed by atoms with E-state index < -0.39 is 12.2 Å². The normalized spacial score (nSPS) is 21.4. The molecular weight excluding hydrogens is 454 g/mol. The number of hydrogen-bond acceptors (Lipinski definition) is 4. The highest BCUT2D eigenvalue weighted by molar-refractivity contribution is 5.91. The lowest BCUT2D eigenvalue weighted by Crippen LogP contribution is -2.77. The van der Waals surface area contributed by atoms with Gasteiger partial charge in [-0.3, -0.25) is 9.59 Å². The summed E-state index contributed by atoms with van der Waals surface area (Å²) in [7, 11) is 0. The molecule has 1 aromatic carbocycles. The highest BCUT2D eigenvalue weighted by Crippen LogP contribution is 2.30. The minimum atomic E-state index is -0.614. The van der Waals surface area contributed by atoms with Gasteiger partial charge in [0.25, 0.3) is 0 Å². The average Bonchev–Trinajstić information content (AvgIpc) is 2.86. The zero-order chi connectivity index (χ0) is 26.2. The van der Waals surface area contributed by atoms with Crippen LogP contribution in [0.3, 0.4) is 0 Å². The number of urea groups is 1. The van der Waals surface area contributed by atoms with E-state index in [2.05, 4.69) is 25.1 Å². The Labute approximate surface area is 215 Å². The molecule has 36 heavy (non-hydrogen) atoms. The summed E-state index contributed by atoms with van der Waals surface area (Å²) in [6, 6.07) is 8.73. The number of hydrazine groups is 1. The first kappa shape index (κ1) is 27.5. The number of rotatable bonds is 10. The van der Waals surface area contributed by atoms with Crippen molar-refractivity contribution in [3.63, 3.8) is 0 Å². The molecule has 0 aromatic heterocycles. The molecule has 2 saturated heterocycles. The van der Waals surface area contributed by atoms with Gasteiger partial charge in [-0.2, -0.15) is 5.01 Å². The smallest absolute Gasteiger partial charge is 0.334 e. The Morgan fingerprint density at radius 2 is 1.92 bits per heavy atom. The maximum atomic E-state index is 13.7. The third kappa shape index (κ3) is 6.19. The minimum absolute atomic E-state index is 0.0282. The molecule has 0 saturated carbocycles. The second-order valence-electron chi connectivity index (χ2n) is 10.1. The monoisotopic (exact) mass is 495 g/mol. The van der Waals surface area contributed by atoms with E-state index in [0.29, 0.717) is 19.0 Å². The molecule has 2 heterocycles. The Bertz CT molecular complexity index is 944. The fourth-order valence-electron chi connectivity index (χ4n) is 5.24. The molecule has 0 spiro atoms. The average molecular weight is 496 g/mol. The molecule has 1 unspecified atom stereocenters. The van der Waals surface area contributed by atoms with E-state index in [1.165, 1.54) is 0 Å². The van der Waals surface area contributed by atoms with Crippen LogP contribution >= 0.6 is 0 Å². The summed E-state index contributed by atoms with van der Waals surface area (Å²) in [5, 5.41) is 6.19. The summed E-state index contributed by atoms with van der Waals surface area (Å²) in [4.78, 5) is 44.1. The third-order valence-electron chi connectivity index (χ3n) is 7.18. The number of terminal acetylenes is 1. The molecule has 8 heteroatoms. The molecule has 3 atom stereocenters. The van der Waals surface area contributed by atoms with Gasteiger partial charge in [-0.25, -0.2) is 9.80 Å². The van der Waals surface area contributed by atoms with Crippen LogP contribution in [0.4, 0.5) is 4.79 Å². The third-order valence-corrected chi connectivity index (χ3v) is 7.18. The molecule has 1 N–H and O–H groups in total. The Morgan fingerprint density at radius 3 is 2.53 bits per heavy atom. The molecule has 4 amide bonds. The number of carbonyl (C=O) groups is 3. The Hall–Kier alpha value is -3.05. The highest BCUT2D eigenvalue weighted by Gasteiger charge is 2.52. The predicted octanol–water partition coefficient (Wildman–Crippen LogP) is 3.30. The molecular formula is C28H41N5O3. The van der Waals surface area contributed by atoms with Gasteiger partial charge in [0.1, 0.15) is 12.2 Å². The Balaban J connectivity index is 1.91. The van der Waals surface area contributed by atoms with Gasteiger partial charge >= 0.3 is 6.03 Å². The number of benzene rings is 1.